The lowest BCUT2D eigenvalue weighted by Crippen LogP contribution is -2.52. The molecule has 1 unspecified atom stereocenters. The second kappa shape index (κ2) is 14.6. The number of benzene rings is 3. The zero-order chi connectivity index (χ0) is 31.0. The molecular weight excluding hydrogens is 552 g/mol. The lowest BCUT2D eigenvalue weighted by molar-refractivity contribution is -0.139. The van der Waals surface area contributed by atoms with Crippen LogP contribution in [0, 0.1) is 18.3 Å². The van der Waals surface area contributed by atoms with Gasteiger partial charge >= 0.3 is 5.97 Å². The maximum absolute atomic E-state index is 13.6. The molecule has 43 heavy (non-hydrogen) atoms. The molecule has 0 aliphatic heterocycles. The van der Waals surface area contributed by atoms with Crippen LogP contribution in [0.4, 0.5) is 5.69 Å². The van der Waals surface area contributed by atoms with Crippen molar-refractivity contribution in [1.82, 2.24) is 9.80 Å². The Kier molecular flexibility index (Phi) is 11.1. The first kappa shape index (κ1) is 32.8. The minimum atomic E-state index is -1.01. The quantitative estimate of drug-likeness (QED) is 0.193. The number of quaternary nitrogens is 1. The Hall–Kier alpha value is -3.09. The highest BCUT2D eigenvalue weighted by Crippen LogP contribution is 2.42. The number of rotatable bonds is 13. The van der Waals surface area contributed by atoms with E-state index >= 15 is 0 Å². The second-order valence-corrected chi connectivity index (χ2v) is 14.2. The van der Waals surface area contributed by atoms with Gasteiger partial charge in [-0.25, -0.2) is 4.79 Å². The third kappa shape index (κ3) is 8.30. The number of carboxylic acid groups (broad SMARTS) is 1. The zero-order valence-electron chi connectivity index (χ0n) is 26.6. The van der Waals surface area contributed by atoms with E-state index in [0.29, 0.717) is 23.7 Å². The molecule has 0 heterocycles. The van der Waals surface area contributed by atoms with E-state index in [1.807, 2.05) is 30.5 Å². The molecule has 3 aromatic carbocycles. The summed E-state index contributed by atoms with van der Waals surface area (Å²) in [6.45, 7) is 8.75. The average Bonchev–Trinajstić information content (AvgIpc) is 3.00. The summed E-state index contributed by atoms with van der Waals surface area (Å²) in [5.41, 5.74) is 6.01. The molecule has 0 spiro atoms. The highest BCUT2D eigenvalue weighted by atomic mass is 32.2. The normalized spacial score (nSPS) is 16.3. The number of hydrogen-bond donors (Lipinski definition) is 2. The number of hydrogen-bond acceptors (Lipinski definition) is 3. The SMILES string of the molecule is CSCC[C@H](NC(=O)c1ccc(C[N+](C)(CC(C)(C)C2CCCCC2)c2ccccc2)cc1-c1ccccc1C)C(=O)O. The molecule has 2 N–H and O–H groups in total. The first-order valence-corrected chi connectivity index (χ1v) is 17.0. The first-order valence-electron chi connectivity index (χ1n) is 15.7. The number of para-hydroxylation sites is 1. The molecule has 1 aliphatic carbocycles. The molecule has 0 aromatic heterocycles. The van der Waals surface area contributed by atoms with E-state index in [1.54, 1.807) is 11.8 Å². The van der Waals surface area contributed by atoms with E-state index in [4.69, 9.17) is 0 Å². The van der Waals surface area contributed by atoms with Crippen LogP contribution in [0.15, 0.2) is 72.8 Å². The highest BCUT2D eigenvalue weighted by Gasteiger charge is 2.39. The van der Waals surface area contributed by atoms with Crippen molar-refractivity contribution in [2.75, 3.05) is 25.6 Å². The predicted molar refractivity (Wildman–Crippen MR) is 182 cm³/mol. The number of amides is 1. The van der Waals surface area contributed by atoms with Gasteiger partial charge in [-0.05, 0) is 85.1 Å². The van der Waals surface area contributed by atoms with E-state index < -0.39 is 12.0 Å². The summed E-state index contributed by atoms with van der Waals surface area (Å²) in [6.07, 6.45) is 8.93. The van der Waals surface area contributed by atoms with Crippen LogP contribution >= 0.6 is 11.8 Å². The van der Waals surface area contributed by atoms with Gasteiger partial charge in [0.15, 0.2) is 0 Å². The third-order valence-electron chi connectivity index (χ3n) is 9.36. The topological polar surface area (TPSA) is 66.4 Å². The van der Waals surface area contributed by atoms with Gasteiger partial charge in [-0.15, -0.1) is 0 Å². The van der Waals surface area contributed by atoms with Gasteiger partial charge < -0.3 is 10.4 Å². The maximum Gasteiger partial charge on any atom is 0.326 e. The van der Waals surface area contributed by atoms with E-state index in [-0.39, 0.29) is 11.3 Å². The first-order chi connectivity index (χ1) is 20.5. The van der Waals surface area contributed by atoms with Crippen LogP contribution in [0.5, 0.6) is 0 Å². The van der Waals surface area contributed by atoms with Gasteiger partial charge in [0.25, 0.3) is 5.91 Å². The number of nitrogens with zero attached hydrogens (tertiary/aromatic N) is 1. The minimum absolute atomic E-state index is 0.173. The summed E-state index contributed by atoms with van der Waals surface area (Å²) in [4.78, 5) is 25.6. The molecule has 1 amide bonds. The summed E-state index contributed by atoms with van der Waals surface area (Å²) < 4.78 is 0.763. The molecule has 230 valence electrons. The van der Waals surface area contributed by atoms with Crippen LogP contribution in [0.1, 0.15) is 73.9 Å². The van der Waals surface area contributed by atoms with Crippen LogP contribution in [-0.4, -0.2) is 48.6 Å². The fourth-order valence-electron chi connectivity index (χ4n) is 7.06. The lowest BCUT2D eigenvalue weighted by Gasteiger charge is -2.44. The molecule has 5 nitrogen and oxygen atoms in total. The summed E-state index contributed by atoms with van der Waals surface area (Å²) in [5, 5.41) is 12.6. The van der Waals surface area contributed by atoms with Crippen molar-refractivity contribution in [3.8, 4) is 11.1 Å². The molecule has 0 radical (unpaired) electrons. The number of carboxylic acids is 1. The van der Waals surface area contributed by atoms with Crippen molar-refractivity contribution < 1.29 is 14.7 Å². The molecular formula is C37H49N2O3S+. The summed E-state index contributed by atoms with van der Waals surface area (Å²) >= 11 is 1.57. The number of aliphatic carboxylic acids is 1. The molecule has 1 aliphatic rings. The average molecular weight is 602 g/mol. The molecule has 2 atom stereocenters. The van der Waals surface area contributed by atoms with Crippen molar-refractivity contribution >= 4 is 29.3 Å². The van der Waals surface area contributed by atoms with Crippen molar-refractivity contribution in [2.24, 2.45) is 11.3 Å². The van der Waals surface area contributed by atoms with Gasteiger partial charge in [0.1, 0.15) is 18.3 Å². The van der Waals surface area contributed by atoms with Gasteiger partial charge in [0.2, 0.25) is 0 Å². The van der Waals surface area contributed by atoms with Crippen LogP contribution in [0.25, 0.3) is 11.1 Å². The number of aryl methyl sites for hydroxylation is 1. The van der Waals surface area contributed by atoms with Crippen molar-refractivity contribution in [2.45, 2.75) is 71.9 Å². The maximum atomic E-state index is 13.6. The van der Waals surface area contributed by atoms with Gasteiger partial charge in [0.05, 0.1) is 13.6 Å². The number of nitrogens with one attached hydrogen (secondary N) is 1. The third-order valence-corrected chi connectivity index (χ3v) is 10.00. The minimum Gasteiger partial charge on any atom is -0.480 e. The van der Waals surface area contributed by atoms with Crippen LogP contribution in [0.2, 0.25) is 0 Å². The fraction of sp³-hybridized carbons (Fsp3) is 0.459. The summed E-state index contributed by atoms with van der Waals surface area (Å²) in [5.74, 6) is 0.0166. The van der Waals surface area contributed by atoms with Gasteiger partial charge in [-0.1, -0.05) is 81.6 Å². The largest absolute Gasteiger partial charge is 0.480 e. The van der Waals surface area contributed by atoms with Crippen molar-refractivity contribution in [1.29, 1.82) is 0 Å². The molecule has 0 saturated heterocycles. The van der Waals surface area contributed by atoms with E-state index in [9.17, 15) is 14.7 Å². The molecule has 0 bridgehead atoms. The van der Waals surface area contributed by atoms with Gasteiger partial charge in [-0.3, -0.25) is 9.28 Å². The van der Waals surface area contributed by atoms with Crippen molar-refractivity contribution in [3.05, 3.63) is 89.5 Å². The molecule has 4 rings (SSSR count). The number of carbonyl (C=O) groups excluding carboxylic acids is 1. The van der Waals surface area contributed by atoms with Crippen molar-refractivity contribution in [3.63, 3.8) is 0 Å². The predicted octanol–water partition coefficient (Wildman–Crippen LogP) is 8.34. The van der Waals surface area contributed by atoms with E-state index in [2.05, 4.69) is 81.7 Å². The molecule has 3 aromatic rings. The van der Waals surface area contributed by atoms with E-state index in [0.717, 1.165) is 39.8 Å². The molecule has 6 heteroatoms. The van der Waals surface area contributed by atoms with Gasteiger partial charge in [-0.2, -0.15) is 11.8 Å². The Morgan fingerprint density at radius 1 is 0.977 bits per heavy atom. The lowest BCUT2D eigenvalue weighted by atomic mass is 9.70. The van der Waals surface area contributed by atoms with E-state index in [1.165, 1.54) is 37.8 Å². The number of thioether (sulfide) groups is 1. The van der Waals surface area contributed by atoms with Crippen LogP contribution in [0.3, 0.4) is 0 Å². The Balaban J connectivity index is 1.73. The van der Waals surface area contributed by atoms with Crippen LogP contribution < -0.4 is 9.80 Å². The Morgan fingerprint density at radius 3 is 2.30 bits per heavy atom. The highest BCUT2D eigenvalue weighted by molar-refractivity contribution is 7.98. The fourth-order valence-corrected chi connectivity index (χ4v) is 7.53. The standard InChI is InChI=1S/C37H48N2O3S/c1-27-14-12-13-19-31(27)33-24-28(20-21-32(33)35(40)38-34(36(41)42)22-23-43-5)25-39(4,30-17-10-7-11-18-30)26-37(2,3)29-15-8-6-9-16-29/h7,10-14,17-21,24,29,34H,6,8-9,15-16,22-23,25-26H2,1-5H3,(H-,38,40,41,42)/p+1/t34-,39?/m0/s1. The number of carbonyl (C=O) groups is 2. The summed E-state index contributed by atoms with van der Waals surface area (Å²) in [6, 6.07) is 24.1. The molecule has 1 saturated carbocycles. The zero-order valence-corrected chi connectivity index (χ0v) is 27.4. The Bertz CT molecular complexity index is 1380. The van der Waals surface area contributed by atoms with Crippen LogP contribution in [-0.2, 0) is 11.3 Å². The summed E-state index contributed by atoms with van der Waals surface area (Å²) in [7, 11) is 2.34. The Morgan fingerprint density at radius 2 is 1.65 bits per heavy atom. The molecule has 1 fully saturated rings. The second-order valence-electron chi connectivity index (χ2n) is 13.2. The van der Waals surface area contributed by atoms with Gasteiger partial charge in [0, 0.05) is 16.5 Å². The smallest absolute Gasteiger partial charge is 0.326 e. The Labute approximate surface area is 262 Å². The monoisotopic (exact) mass is 601 g/mol.